The van der Waals surface area contributed by atoms with Gasteiger partial charge >= 0.3 is 11.9 Å². The standard InChI is InChI=1S/C10H13NO9/c12-7(13)1-4(10(14)15)5-2-18-9-6(20-11(16)17)3-19-8(5)9/h4-6,8-9H,1-3H2,(H,12,13)(H,14,15)/t4?,5?,6-,8+,9+/m0/s1. The van der Waals surface area contributed by atoms with Crippen molar-refractivity contribution in [2.75, 3.05) is 13.2 Å². The van der Waals surface area contributed by atoms with Crippen molar-refractivity contribution in [2.24, 2.45) is 11.8 Å². The van der Waals surface area contributed by atoms with Gasteiger partial charge in [0, 0.05) is 5.92 Å². The number of fused-ring (bicyclic) bond motifs is 1. The summed E-state index contributed by atoms with van der Waals surface area (Å²) < 4.78 is 10.6. The van der Waals surface area contributed by atoms with Crippen LogP contribution in [0, 0.1) is 22.0 Å². The Bertz CT molecular complexity index is 425. The molecule has 0 aromatic rings. The maximum Gasteiger partial charge on any atom is 0.307 e. The highest BCUT2D eigenvalue weighted by atomic mass is 17.0. The van der Waals surface area contributed by atoms with Crippen LogP contribution in [0.3, 0.4) is 0 Å². The molecule has 2 N–H and O–H groups in total. The zero-order valence-corrected chi connectivity index (χ0v) is 10.2. The zero-order valence-electron chi connectivity index (χ0n) is 10.2. The Morgan fingerprint density at radius 1 is 1.30 bits per heavy atom. The highest BCUT2D eigenvalue weighted by Gasteiger charge is 2.53. The average Bonchev–Trinajstić information content (AvgIpc) is 2.88. The Labute approximate surface area is 112 Å². The van der Waals surface area contributed by atoms with Gasteiger partial charge in [0.1, 0.15) is 6.10 Å². The van der Waals surface area contributed by atoms with E-state index in [-0.39, 0.29) is 13.2 Å². The first-order chi connectivity index (χ1) is 9.40. The number of nitrogens with zero attached hydrogens (tertiary/aromatic N) is 1. The van der Waals surface area contributed by atoms with Crippen LogP contribution in [-0.2, 0) is 23.9 Å². The SMILES string of the molecule is O=C(O)CC(C(=O)O)C1CO[C@@H]2[C@@H](O[N+](=O)[O-])CO[C@H]12. The van der Waals surface area contributed by atoms with Crippen LogP contribution in [0.5, 0.6) is 0 Å². The van der Waals surface area contributed by atoms with Gasteiger partial charge in [-0.2, -0.15) is 0 Å². The van der Waals surface area contributed by atoms with Crippen LogP contribution < -0.4 is 0 Å². The van der Waals surface area contributed by atoms with Gasteiger partial charge in [-0.3, -0.25) is 9.59 Å². The van der Waals surface area contributed by atoms with Gasteiger partial charge in [0.25, 0.3) is 5.09 Å². The van der Waals surface area contributed by atoms with Crippen LogP contribution in [0.25, 0.3) is 0 Å². The average molecular weight is 291 g/mol. The summed E-state index contributed by atoms with van der Waals surface area (Å²) in [6.07, 6.45) is -2.93. The number of carboxylic acid groups (broad SMARTS) is 2. The fourth-order valence-corrected chi connectivity index (χ4v) is 2.65. The van der Waals surface area contributed by atoms with Gasteiger partial charge in [-0.05, 0) is 0 Å². The molecule has 2 unspecified atom stereocenters. The smallest absolute Gasteiger partial charge is 0.307 e. The number of hydrogen-bond acceptors (Lipinski definition) is 7. The van der Waals surface area contributed by atoms with Crippen molar-refractivity contribution >= 4 is 11.9 Å². The fraction of sp³-hybridized carbons (Fsp3) is 0.800. The highest BCUT2D eigenvalue weighted by Crippen LogP contribution is 2.37. The first kappa shape index (κ1) is 14.5. The topological polar surface area (TPSA) is 145 Å². The molecule has 0 amide bonds. The van der Waals surface area contributed by atoms with Crippen LogP contribution >= 0.6 is 0 Å². The zero-order chi connectivity index (χ0) is 14.9. The molecule has 5 atom stereocenters. The summed E-state index contributed by atoms with van der Waals surface area (Å²) in [6, 6.07) is 0. The minimum atomic E-state index is -1.26. The number of ether oxygens (including phenoxy) is 2. The molecule has 0 aromatic heterocycles. The van der Waals surface area contributed by atoms with Gasteiger partial charge in [0.15, 0.2) is 6.10 Å². The van der Waals surface area contributed by atoms with Crippen molar-refractivity contribution in [1.82, 2.24) is 0 Å². The quantitative estimate of drug-likeness (QED) is 0.472. The molecule has 2 aliphatic rings. The van der Waals surface area contributed by atoms with Crippen molar-refractivity contribution < 1.29 is 39.2 Å². The molecule has 20 heavy (non-hydrogen) atoms. The number of carboxylic acids is 2. The Kier molecular flexibility index (Phi) is 4.04. The summed E-state index contributed by atoms with van der Waals surface area (Å²) in [5.74, 6) is -4.34. The van der Waals surface area contributed by atoms with Crippen LogP contribution in [0.4, 0.5) is 0 Å². The van der Waals surface area contributed by atoms with E-state index < -0.39 is 53.6 Å². The Balaban J connectivity index is 2.07. The largest absolute Gasteiger partial charge is 0.481 e. The van der Waals surface area contributed by atoms with E-state index >= 15 is 0 Å². The predicted molar refractivity (Wildman–Crippen MR) is 58.2 cm³/mol. The molecule has 10 heteroatoms. The third kappa shape index (κ3) is 2.80. The Morgan fingerprint density at radius 2 is 1.95 bits per heavy atom. The molecule has 2 fully saturated rings. The van der Waals surface area contributed by atoms with Gasteiger partial charge in [-0.25, -0.2) is 0 Å². The second-order valence-corrected chi connectivity index (χ2v) is 4.67. The van der Waals surface area contributed by atoms with Crippen LogP contribution in [0.1, 0.15) is 6.42 Å². The second-order valence-electron chi connectivity index (χ2n) is 4.67. The van der Waals surface area contributed by atoms with Crippen molar-refractivity contribution in [3.8, 4) is 0 Å². The van der Waals surface area contributed by atoms with Crippen molar-refractivity contribution in [1.29, 1.82) is 0 Å². The van der Waals surface area contributed by atoms with E-state index in [1.807, 2.05) is 0 Å². The normalized spacial score (nSPS) is 33.4. The van der Waals surface area contributed by atoms with E-state index in [2.05, 4.69) is 4.84 Å². The molecule has 0 spiro atoms. The van der Waals surface area contributed by atoms with Crippen LogP contribution in [-0.4, -0.2) is 58.8 Å². The highest BCUT2D eigenvalue weighted by molar-refractivity contribution is 5.78. The summed E-state index contributed by atoms with van der Waals surface area (Å²) in [5.41, 5.74) is 0. The molecule has 112 valence electrons. The molecule has 2 saturated heterocycles. The minimum Gasteiger partial charge on any atom is -0.481 e. The van der Waals surface area contributed by atoms with Crippen LogP contribution in [0.2, 0.25) is 0 Å². The number of rotatable bonds is 6. The molecule has 2 heterocycles. The lowest BCUT2D eigenvalue weighted by Crippen LogP contribution is -2.37. The van der Waals surface area contributed by atoms with Crippen molar-refractivity contribution in [2.45, 2.75) is 24.7 Å². The summed E-state index contributed by atoms with van der Waals surface area (Å²) >= 11 is 0. The van der Waals surface area contributed by atoms with Crippen LogP contribution in [0.15, 0.2) is 0 Å². The predicted octanol–water partition coefficient (Wildman–Crippen LogP) is -0.847. The molecule has 0 saturated carbocycles. The fourth-order valence-electron chi connectivity index (χ4n) is 2.65. The summed E-state index contributed by atoms with van der Waals surface area (Å²) in [5, 5.41) is 27.2. The minimum absolute atomic E-state index is 0.0306. The molecular weight excluding hydrogens is 278 g/mol. The van der Waals surface area contributed by atoms with Gasteiger partial charge in [0.2, 0.25) is 0 Å². The summed E-state index contributed by atoms with van der Waals surface area (Å²) in [6.45, 7) is -0.122. The third-order valence-corrected chi connectivity index (χ3v) is 3.50. The van der Waals surface area contributed by atoms with E-state index in [1.165, 1.54) is 0 Å². The number of hydrogen-bond donors (Lipinski definition) is 2. The molecule has 0 aromatic carbocycles. The summed E-state index contributed by atoms with van der Waals surface area (Å²) in [7, 11) is 0. The van der Waals surface area contributed by atoms with E-state index in [4.69, 9.17) is 19.7 Å². The van der Waals surface area contributed by atoms with Gasteiger partial charge in [0.05, 0.1) is 31.7 Å². The lowest BCUT2D eigenvalue weighted by atomic mass is 9.85. The third-order valence-electron chi connectivity index (χ3n) is 3.50. The maximum absolute atomic E-state index is 11.2. The first-order valence-electron chi connectivity index (χ1n) is 5.89. The number of aliphatic carboxylic acids is 2. The number of carbonyl (C=O) groups is 2. The molecule has 0 bridgehead atoms. The van der Waals surface area contributed by atoms with E-state index in [0.29, 0.717) is 0 Å². The molecule has 2 aliphatic heterocycles. The lowest BCUT2D eigenvalue weighted by Gasteiger charge is -2.21. The van der Waals surface area contributed by atoms with Gasteiger partial charge in [-0.1, -0.05) is 0 Å². The molecule has 0 radical (unpaired) electrons. The maximum atomic E-state index is 11.2. The van der Waals surface area contributed by atoms with Gasteiger partial charge in [-0.15, -0.1) is 10.1 Å². The monoisotopic (exact) mass is 291 g/mol. The molecule has 10 nitrogen and oxygen atoms in total. The molecule has 2 rings (SSSR count). The van der Waals surface area contributed by atoms with Gasteiger partial charge < -0.3 is 24.5 Å². The van der Waals surface area contributed by atoms with Crippen molar-refractivity contribution in [3.63, 3.8) is 0 Å². The van der Waals surface area contributed by atoms with E-state index in [0.717, 1.165) is 0 Å². The summed E-state index contributed by atoms with van der Waals surface area (Å²) in [4.78, 5) is 36.6. The van der Waals surface area contributed by atoms with Crippen molar-refractivity contribution in [3.05, 3.63) is 10.1 Å². The van der Waals surface area contributed by atoms with E-state index in [9.17, 15) is 19.7 Å². The van der Waals surface area contributed by atoms with E-state index in [1.54, 1.807) is 0 Å². The first-order valence-corrected chi connectivity index (χ1v) is 5.89. The molecule has 0 aliphatic carbocycles. The molecular formula is C10H13NO9. The second kappa shape index (κ2) is 5.59. The lowest BCUT2D eigenvalue weighted by molar-refractivity contribution is -0.769. The Morgan fingerprint density at radius 3 is 2.50 bits per heavy atom. The Hall–Kier alpha value is -1.94.